The Hall–Kier alpha value is -3.18. The Labute approximate surface area is 181 Å². The van der Waals surface area contributed by atoms with Crippen LogP contribution in [0.1, 0.15) is 28.4 Å². The summed E-state index contributed by atoms with van der Waals surface area (Å²) in [6, 6.07) is 18.1. The molecule has 5 nitrogen and oxygen atoms in total. The van der Waals surface area contributed by atoms with Crippen LogP contribution in [0, 0.1) is 6.92 Å². The van der Waals surface area contributed by atoms with Gasteiger partial charge >= 0.3 is 0 Å². The van der Waals surface area contributed by atoms with Gasteiger partial charge in [-0.1, -0.05) is 29.8 Å². The summed E-state index contributed by atoms with van der Waals surface area (Å²) in [5.41, 5.74) is 2.86. The fourth-order valence-corrected chi connectivity index (χ4v) is 3.12. The van der Waals surface area contributed by atoms with Crippen LogP contribution in [0.3, 0.4) is 0 Å². The van der Waals surface area contributed by atoms with E-state index in [0.717, 1.165) is 11.1 Å². The number of halogens is 1. The maximum atomic E-state index is 12.8. The van der Waals surface area contributed by atoms with Crippen molar-refractivity contribution in [3.05, 3.63) is 82.4 Å². The van der Waals surface area contributed by atoms with Crippen molar-refractivity contribution in [3.63, 3.8) is 0 Å². The van der Waals surface area contributed by atoms with E-state index in [1.807, 2.05) is 44.2 Å². The van der Waals surface area contributed by atoms with Crippen molar-refractivity contribution in [2.45, 2.75) is 20.5 Å². The van der Waals surface area contributed by atoms with Gasteiger partial charge in [-0.25, -0.2) is 0 Å². The molecular weight excluding hydrogens is 402 g/mol. The molecule has 1 N–H and O–H groups in total. The van der Waals surface area contributed by atoms with E-state index in [-0.39, 0.29) is 12.5 Å². The van der Waals surface area contributed by atoms with Crippen LogP contribution in [0.5, 0.6) is 17.2 Å². The van der Waals surface area contributed by atoms with Gasteiger partial charge in [0.25, 0.3) is 5.91 Å². The Morgan fingerprint density at radius 3 is 2.47 bits per heavy atom. The summed E-state index contributed by atoms with van der Waals surface area (Å²) in [5, 5.41) is 3.48. The van der Waals surface area contributed by atoms with E-state index in [2.05, 4.69) is 5.32 Å². The minimum absolute atomic E-state index is 0.229. The Balaban J connectivity index is 1.83. The summed E-state index contributed by atoms with van der Waals surface area (Å²) < 4.78 is 17.0. The van der Waals surface area contributed by atoms with Gasteiger partial charge in [0, 0.05) is 21.8 Å². The SMILES string of the molecule is CCOc1ccc(C(=O)Nc2cc(Cl)ccc2C)cc1COc1ccccc1OC. The second-order valence-electron chi connectivity index (χ2n) is 6.61. The van der Waals surface area contributed by atoms with Crippen LogP contribution in [-0.2, 0) is 6.61 Å². The molecule has 6 heteroatoms. The molecule has 0 saturated carbocycles. The van der Waals surface area contributed by atoms with Crippen molar-refractivity contribution >= 4 is 23.2 Å². The van der Waals surface area contributed by atoms with Gasteiger partial charge in [-0.05, 0) is 61.9 Å². The fraction of sp³-hybridized carbons (Fsp3) is 0.208. The van der Waals surface area contributed by atoms with Gasteiger partial charge in [0.05, 0.1) is 13.7 Å². The molecule has 0 aromatic heterocycles. The maximum Gasteiger partial charge on any atom is 0.255 e. The average molecular weight is 426 g/mol. The van der Waals surface area contributed by atoms with Gasteiger partial charge in [0.2, 0.25) is 0 Å². The summed E-state index contributed by atoms with van der Waals surface area (Å²) in [5.74, 6) is 1.69. The lowest BCUT2D eigenvalue weighted by Gasteiger charge is -2.15. The number of methoxy groups -OCH3 is 1. The lowest BCUT2D eigenvalue weighted by atomic mass is 10.1. The normalized spacial score (nSPS) is 10.4. The summed E-state index contributed by atoms with van der Waals surface area (Å²) >= 11 is 6.06. The zero-order valence-corrected chi connectivity index (χ0v) is 18.0. The number of ether oxygens (including phenoxy) is 3. The lowest BCUT2D eigenvalue weighted by molar-refractivity contribution is 0.102. The van der Waals surface area contributed by atoms with Gasteiger partial charge < -0.3 is 19.5 Å². The minimum atomic E-state index is -0.234. The number of hydrogen-bond acceptors (Lipinski definition) is 4. The molecule has 0 aliphatic heterocycles. The first-order valence-corrected chi connectivity index (χ1v) is 9.98. The maximum absolute atomic E-state index is 12.8. The van der Waals surface area contributed by atoms with Gasteiger partial charge in [0.1, 0.15) is 12.4 Å². The van der Waals surface area contributed by atoms with Gasteiger partial charge in [-0.15, -0.1) is 0 Å². The van der Waals surface area contributed by atoms with Crippen molar-refractivity contribution in [3.8, 4) is 17.2 Å². The molecule has 3 aromatic rings. The molecule has 0 heterocycles. The number of anilines is 1. The van der Waals surface area contributed by atoms with Gasteiger partial charge in [0.15, 0.2) is 11.5 Å². The highest BCUT2D eigenvalue weighted by Gasteiger charge is 2.14. The molecule has 0 spiro atoms. The van der Waals surface area contributed by atoms with E-state index in [9.17, 15) is 4.79 Å². The molecule has 156 valence electrons. The van der Waals surface area contributed by atoms with E-state index in [4.69, 9.17) is 25.8 Å². The Morgan fingerprint density at radius 2 is 1.73 bits per heavy atom. The third-order valence-corrected chi connectivity index (χ3v) is 4.76. The second kappa shape index (κ2) is 10.0. The third-order valence-electron chi connectivity index (χ3n) is 4.52. The van der Waals surface area contributed by atoms with Crippen LogP contribution >= 0.6 is 11.6 Å². The molecule has 0 bridgehead atoms. The van der Waals surface area contributed by atoms with E-state index in [1.54, 1.807) is 37.4 Å². The van der Waals surface area contributed by atoms with E-state index in [1.165, 1.54) is 0 Å². The molecule has 0 atom stereocenters. The highest BCUT2D eigenvalue weighted by Crippen LogP contribution is 2.29. The number of amides is 1. The van der Waals surface area contributed by atoms with Crippen molar-refractivity contribution in [2.24, 2.45) is 0 Å². The molecule has 0 radical (unpaired) electrons. The molecule has 30 heavy (non-hydrogen) atoms. The van der Waals surface area contributed by atoms with Crippen LogP contribution < -0.4 is 19.5 Å². The molecule has 0 saturated heterocycles. The molecule has 0 fully saturated rings. The van der Waals surface area contributed by atoms with Gasteiger partial charge in [-0.2, -0.15) is 0 Å². The number of benzene rings is 3. The predicted molar refractivity (Wildman–Crippen MR) is 119 cm³/mol. The van der Waals surface area contributed by atoms with Crippen molar-refractivity contribution in [2.75, 3.05) is 19.0 Å². The van der Waals surface area contributed by atoms with E-state index < -0.39 is 0 Å². The first kappa shape index (κ1) is 21.5. The molecule has 0 unspecified atom stereocenters. The monoisotopic (exact) mass is 425 g/mol. The molecule has 1 amide bonds. The minimum Gasteiger partial charge on any atom is -0.493 e. The molecule has 3 rings (SSSR count). The number of carbonyl (C=O) groups excluding carboxylic acids is 1. The average Bonchev–Trinajstić information content (AvgIpc) is 2.75. The lowest BCUT2D eigenvalue weighted by Crippen LogP contribution is -2.14. The number of para-hydroxylation sites is 2. The topological polar surface area (TPSA) is 56.8 Å². The standard InChI is InChI=1S/C24H24ClNO4/c1-4-29-21-12-10-17(24(27)26-20-14-19(25)11-9-16(20)2)13-18(21)15-30-23-8-6-5-7-22(23)28-3/h5-14H,4,15H2,1-3H3,(H,26,27). The van der Waals surface area contributed by atoms with Crippen molar-refractivity contribution < 1.29 is 19.0 Å². The number of hydrogen-bond donors (Lipinski definition) is 1. The number of aryl methyl sites for hydroxylation is 1. The fourth-order valence-electron chi connectivity index (χ4n) is 2.95. The molecule has 0 aliphatic rings. The highest BCUT2D eigenvalue weighted by atomic mass is 35.5. The van der Waals surface area contributed by atoms with E-state index >= 15 is 0 Å². The third kappa shape index (κ3) is 5.24. The number of rotatable bonds is 8. The largest absolute Gasteiger partial charge is 0.493 e. The summed E-state index contributed by atoms with van der Waals surface area (Å²) in [7, 11) is 1.59. The smallest absolute Gasteiger partial charge is 0.255 e. The zero-order valence-electron chi connectivity index (χ0n) is 17.2. The first-order chi connectivity index (χ1) is 14.5. The highest BCUT2D eigenvalue weighted by molar-refractivity contribution is 6.31. The van der Waals surface area contributed by atoms with Gasteiger partial charge in [-0.3, -0.25) is 4.79 Å². The summed E-state index contributed by atoms with van der Waals surface area (Å²) in [6.07, 6.45) is 0. The number of nitrogens with one attached hydrogen (secondary N) is 1. The van der Waals surface area contributed by atoms with Crippen LogP contribution in [0.2, 0.25) is 5.02 Å². The zero-order chi connectivity index (χ0) is 21.5. The van der Waals surface area contributed by atoms with Crippen LogP contribution in [0.25, 0.3) is 0 Å². The summed E-state index contributed by atoms with van der Waals surface area (Å²) in [6.45, 7) is 4.56. The van der Waals surface area contributed by atoms with Crippen LogP contribution in [0.4, 0.5) is 5.69 Å². The first-order valence-electron chi connectivity index (χ1n) is 9.61. The molecular formula is C24H24ClNO4. The molecule has 0 aliphatic carbocycles. The predicted octanol–water partition coefficient (Wildman–Crippen LogP) is 5.89. The Morgan fingerprint density at radius 1 is 0.967 bits per heavy atom. The Bertz CT molecular complexity index is 1040. The van der Waals surface area contributed by atoms with Crippen molar-refractivity contribution in [1.82, 2.24) is 0 Å². The van der Waals surface area contributed by atoms with E-state index in [0.29, 0.717) is 40.1 Å². The van der Waals surface area contributed by atoms with Crippen LogP contribution in [0.15, 0.2) is 60.7 Å². The summed E-state index contributed by atoms with van der Waals surface area (Å²) in [4.78, 5) is 12.8. The van der Waals surface area contributed by atoms with Crippen molar-refractivity contribution in [1.29, 1.82) is 0 Å². The Kier molecular flexibility index (Phi) is 7.20. The van der Waals surface area contributed by atoms with Crippen LogP contribution in [-0.4, -0.2) is 19.6 Å². The number of carbonyl (C=O) groups is 1. The quantitative estimate of drug-likeness (QED) is 0.489. The molecule has 3 aromatic carbocycles. The second-order valence-corrected chi connectivity index (χ2v) is 7.04.